The normalized spacial score (nSPS) is 16.6. The molecule has 0 aliphatic carbocycles. The largest absolute Gasteiger partial charge is 0.346 e. The fraction of sp³-hybridized carbons (Fsp3) is 0.727. The van der Waals surface area contributed by atoms with Crippen molar-refractivity contribution in [2.24, 2.45) is 0 Å². The molecule has 1 aromatic rings. The van der Waals surface area contributed by atoms with E-state index in [1.807, 2.05) is 0 Å². The van der Waals surface area contributed by atoms with Gasteiger partial charge in [0.25, 0.3) is 0 Å². The van der Waals surface area contributed by atoms with Crippen LogP contribution in [0.2, 0.25) is 0 Å². The predicted molar refractivity (Wildman–Crippen MR) is 80.4 cm³/mol. The smallest absolute Gasteiger partial charge is 0.185 e. The number of hydrogen-bond acceptors (Lipinski definition) is 4. The van der Waals surface area contributed by atoms with Crippen LogP contribution in [0.15, 0.2) is 5.38 Å². The van der Waals surface area contributed by atoms with Crippen LogP contribution in [0.5, 0.6) is 0 Å². The Morgan fingerprint density at radius 3 is 2.24 bits per heavy atom. The van der Waals surface area contributed by atoms with E-state index in [-0.39, 0.29) is 24.8 Å². The Morgan fingerprint density at radius 2 is 1.76 bits per heavy atom. The Kier molecular flexibility index (Phi) is 7.40. The van der Waals surface area contributed by atoms with Crippen LogP contribution in [0, 0.1) is 0 Å². The number of likely N-dealkylation sites (N-methyl/N-ethyl adjacent to an activating group) is 1. The van der Waals surface area contributed by atoms with Gasteiger partial charge < -0.3 is 9.80 Å². The number of rotatable bonds is 2. The summed E-state index contributed by atoms with van der Waals surface area (Å²) in [6.07, 6.45) is 0. The van der Waals surface area contributed by atoms with E-state index in [0.717, 1.165) is 26.2 Å². The van der Waals surface area contributed by atoms with Gasteiger partial charge in [-0.3, -0.25) is 0 Å². The van der Waals surface area contributed by atoms with Gasteiger partial charge in [0.1, 0.15) is 0 Å². The van der Waals surface area contributed by atoms with Crippen LogP contribution >= 0.6 is 36.2 Å². The number of thiazole rings is 1. The zero-order valence-electron chi connectivity index (χ0n) is 10.5. The van der Waals surface area contributed by atoms with E-state index in [0.29, 0.717) is 5.92 Å². The standard InChI is InChI=1S/C11H19N3S.2ClH/c1-9(2)10-8-15-11(12-10)14-6-4-13(3)5-7-14;;/h8-9H,4-7H2,1-3H3;2*1H. The monoisotopic (exact) mass is 297 g/mol. The van der Waals surface area contributed by atoms with Crippen LogP contribution in [-0.4, -0.2) is 43.1 Å². The van der Waals surface area contributed by atoms with Crippen molar-refractivity contribution in [2.45, 2.75) is 19.8 Å². The summed E-state index contributed by atoms with van der Waals surface area (Å²) in [7, 11) is 2.18. The predicted octanol–water partition coefficient (Wildman–Crippen LogP) is 2.86. The summed E-state index contributed by atoms with van der Waals surface area (Å²) in [5.41, 5.74) is 1.23. The lowest BCUT2D eigenvalue weighted by Gasteiger charge is -2.32. The van der Waals surface area contributed by atoms with Crippen molar-refractivity contribution in [1.29, 1.82) is 0 Å². The van der Waals surface area contributed by atoms with Crippen LogP contribution in [0.3, 0.4) is 0 Å². The average Bonchev–Trinajstić information content (AvgIpc) is 2.68. The van der Waals surface area contributed by atoms with E-state index in [4.69, 9.17) is 0 Å². The van der Waals surface area contributed by atoms with Crippen LogP contribution < -0.4 is 4.90 Å². The van der Waals surface area contributed by atoms with Crippen molar-refractivity contribution >= 4 is 41.3 Å². The number of aromatic nitrogens is 1. The highest BCUT2D eigenvalue weighted by Gasteiger charge is 2.17. The van der Waals surface area contributed by atoms with E-state index < -0.39 is 0 Å². The molecule has 0 spiro atoms. The highest BCUT2D eigenvalue weighted by molar-refractivity contribution is 7.13. The molecule has 2 rings (SSSR count). The lowest BCUT2D eigenvalue weighted by atomic mass is 10.2. The summed E-state index contributed by atoms with van der Waals surface area (Å²) in [4.78, 5) is 9.45. The SMILES string of the molecule is CC(C)c1csc(N2CCN(C)CC2)n1.Cl.Cl. The Balaban J connectivity index is 0.00000128. The Hall–Kier alpha value is -0.0300. The summed E-state index contributed by atoms with van der Waals surface area (Å²) in [6, 6.07) is 0. The quantitative estimate of drug-likeness (QED) is 0.837. The molecule has 0 saturated carbocycles. The van der Waals surface area contributed by atoms with Crippen LogP contribution in [0.1, 0.15) is 25.5 Å². The molecule has 0 radical (unpaired) electrons. The van der Waals surface area contributed by atoms with Crippen molar-refractivity contribution < 1.29 is 0 Å². The van der Waals surface area contributed by atoms with Gasteiger partial charge in [-0.15, -0.1) is 36.2 Å². The summed E-state index contributed by atoms with van der Waals surface area (Å²) in [5.74, 6) is 0.544. The van der Waals surface area contributed by atoms with Gasteiger partial charge in [-0.1, -0.05) is 13.8 Å². The number of halogens is 2. The molecule has 17 heavy (non-hydrogen) atoms. The highest BCUT2D eigenvalue weighted by Crippen LogP contribution is 2.25. The first kappa shape index (κ1) is 17.0. The molecule has 0 aromatic carbocycles. The number of hydrogen-bond donors (Lipinski definition) is 0. The zero-order valence-corrected chi connectivity index (χ0v) is 13.0. The number of nitrogens with zero attached hydrogens (tertiary/aromatic N) is 3. The van der Waals surface area contributed by atoms with Crippen molar-refractivity contribution in [3.8, 4) is 0 Å². The zero-order chi connectivity index (χ0) is 10.8. The van der Waals surface area contributed by atoms with E-state index in [1.54, 1.807) is 11.3 Å². The summed E-state index contributed by atoms with van der Waals surface area (Å²) >= 11 is 1.78. The maximum Gasteiger partial charge on any atom is 0.185 e. The van der Waals surface area contributed by atoms with Gasteiger partial charge >= 0.3 is 0 Å². The van der Waals surface area contributed by atoms with Gasteiger partial charge in [-0.25, -0.2) is 4.98 Å². The topological polar surface area (TPSA) is 19.4 Å². The van der Waals surface area contributed by atoms with Crippen molar-refractivity contribution in [1.82, 2.24) is 9.88 Å². The average molecular weight is 298 g/mol. The molecule has 6 heteroatoms. The minimum Gasteiger partial charge on any atom is -0.346 e. The van der Waals surface area contributed by atoms with Crippen molar-refractivity contribution in [3.63, 3.8) is 0 Å². The lowest BCUT2D eigenvalue weighted by Crippen LogP contribution is -2.44. The second-order valence-electron chi connectivity index (χ2n) is 4.50. The Labute approximate surface area is 120 Å². The maximum atomic E-state index is 4.68. The molecule has 0 unspecified atom stereocenters. The van der Waals surface area contributed by atoms with E-state index in [1.165, 1.54) is 10.8 Å². The molecule has 1 fully saturated rings. The second kappa shape index (κ2) is 7.41. The van der Waals surface area contributed by atoms with Gasteiger partial charge in [-0.05, 0) is 13.0 Å². The summed E-state index contributed by atoms with van der Waals surface area (Å²) in [5, 5.41) is 3.39. The number of piperazine rings is 1. The summed E-state index contributed by atoms with van der Waals surface area (Å²) < 4.78 is 0. The van der Waals surface area contributed by atoms with Gasteiger partial charge in [0.15, 0.2) is 5.13 Å². The minimum absolute atomic E-state index is 0. The lowest BCUT2D eigenvalue weighted by molar-refractivity contribution is 0.312. The molecule has 0 atom stereocenters. The highest BCUT2D eigenvalue weighted by atomic mass is 35.5. The molecule has 0 bridgehead atoms. The third-order valence-corrected chi connectivity index (χ3v) is 3.79. The van der Waals surface area contributed by atoms with Gasteiger partial charge in [0.05, 0.1) is 5.69 Å². The van der Waals surface area contributed by atoms with Crippen LogP contribution in [0.25, 0.3) is 0 Å². The second-order valence-corrected chi connectivity index (χ2v) is 5.34. The molecule has 2 heterocycles. The third kappa shape index (κ3) is 4.28. The third-order valence-electron chi connectivity index (χ3n) is 2.88. The van der Waals surface area contributed by atoms with Crippen molar-refractivity contribution in [2.75, 3.05) is 38.1 Å². The first-order valence-corrected chi connectivity index (χ1v) is 6.43. The summed E-state index contributed by atoms with van der Waals surface area (Å²) in [6.45, 7) is 8.92. The van der Waals surface area contributed by atoms with E-state index >= 15 is 0 Å². The van der Waals surface area contributed by atoms with Crippen LogP contribution in [-0.2, 0) is 0 Å². The van der Waals surface area contributed by atoms with Gasteiger partial charge in [-0.2, -0.15) is 0 Å². The Morgan fingerprint density at radius 1 is 1.18 bits per heavy atom. The molecule has 1 aromatic heterocycles. The molecular weight excluding hydrogens is 277 g/mol. The molecule has 0 N–H and O–H groups in total. The fourth-order valence-corrected chi connectivity index (χ4v) is 2.73. The van der Waals surface area contributed by atoms with Crippen LogP contribution in [0.4, 0.5) is 5.13 Å². The van der Waals surface area contributed by atoms with Gasteiger partial charge in [0, 0.05) is 31.6 Å². The molecule has 1 aliphatic rings. The molecule has 1 aliphatic heterocycles. The van der Waals surface area contributed by atoms with E-state index in [9.17, 15) is 0 Å². The first-order chi connectivity index (χ1) is 7.16. The number of anilines is 1. The van der Waals surface area contributed by atoms with Crippen molar-refractivity contribution in [3.05, 3.63) is 11.1 Å². The van der Waals surface area contributed by atoms with E-state index in [2.05, 4.69) is 41.1 Å². The molecular formula is C11H21Cl2N3S. The van der Waals surface area contributed by atoms with Gasteiger partial charge in [0.2, 0.25) is 0 Å². The maximum absolute atomic E-state index is 4.68. The molecule has 3 nitrogen and oxygen atoms in total. The molecule has 1 saturated heterocycles. The molecule has 0 amide bonds. The Bertz CT molecular complexity index is 322. The first-order valence-electron chi connectivity index (χ1n) is 5.55. The fourth-order valence-electron chi connectivity index (χ4n) is 1.68. The minimum atomic E-state index is 0. The molecule has 100 valence electrons.